The average molecular weight is 387 g/mol. The normalized spacial score (nSPS) is 17.2. The summed E-state index contributed by atoms with van der Waals surface area (Å²) in [4.78, 5) is 4.59. The maximum atomic E-state index is 5.80. The molecule has 0 amide bonds. The first-order chi connectivity index (χ1) is 12.8. The number of nitrogens with one attached hydrogen (secondary N) is 2. The SMILES string of the molecule is S=C(NC[C@H]1CCCO1)N/N=C\c1ccc(-c2nc3ccccc3s2)o1. The van der Waals surface area contributed by atoms with Crippen LogP contribution in [0.25, 0.3) is 21.0 Å². The van der Waals surface area contributed by atoms with Gasteiger partial charge in [-0.3, -0.25) is 5.43 Å². The molecule has 1 fully saturated rings. The second kappa shape index (κ2) is 7.94. The minimum atomic E-state index is 0.236. The summed E-state index contributed by atoms with van der Waals surface area (Å²) in [6.45, 7) is 1.53. The molecule has 0 aliphatic carbocycles. The van der Waals surface area contributed by atoms with Crippen molar-refractivity contribution in [2.75, 3.05) is 13.2 Å². The van der Waals surface area contributed by atoms with Gasteiger partial charge in [-0.25, -0.2) is 4.98 Å². The Labute approximate surface area is 160 Å². The van der Waals surface area contributed by atoms with Crippen LogP contribution in [0.5, 0.6) is 0 Å². The molecule has 0 bridgehead atoms. The van der Waals surface area contributed by atoms with Crippen molar-refractivity contribution in [2.45, 2.75) is 18.9 Å². The van der Waals surface area contributed by atoms with Crippen molar-refractivity contribution in [1.82, 2.24) is 15.7 Å². The maximum Gasteiger partial charge on any atom is 0.187 e. The van der Waals surface area contributed by atoms with Crippen molar-refractivity contribution in [3.05, 3.63) is 42.2 Å². The van der Waals surface area contributed by atoms with E-state index in [2.05, 4.69) is 26.9 Å². The van der Waals surface area contributed by atoms with Crippen molar-refractivity contribution in [3.8, 4) is 10.8 Å². The molecule has 1 aliphatic rings. The molecule has 0 spiro atoms. The lowest BCUT2D eigenvalue weighted by Crippen LogP contribution is -2.37. The fourth-order valence-electron chi connectivity index (χ4n) is 2.72. The predicted molar refractivity (Wildman–Crippen MR) is 108 cm³/mol. The third kappa shape index (κ3) is 4.09. The van der Waals surface area contributed by atoms with Gasteiger partial charge in [-0.15, -0.1) is 11.3 Å². The molecule has 4 rings (SSSR count). The van der Waals surface area contributed by atoms with E-state index in [1.54, 1.807) is 17.6 Å². The van der Waals surface area contributed by atoms with E-state index in [9.17, 15) is 0 Å². The van der Waals surface area contributed by atoms with E-state index in [-0.39, 0.29) is 6.10 Å². The summed E-state index contributed by atoms with van der Waals surface area (Å²) in [6.07, 6.45) is 4.01. The zero-order valence-corrected chi connectivity index (χ0v) is 15.6. The van der Waals surface area contributed by atoms with Gasteiger partial charge in [-0.2, -0.15) is 5.10 Å². The number of aromatic nitrogens is 1. The number of para-hydroxylation sites is 1. The van der Waals surface area contributed by atoms with Gasteiger partial charge in [0.25, 0.3) is 0 Å². The summed E-state index contributed by atoms with van der Waals surface area (Å²) in [5.74, 6) is 1.36. The quantitative estimate of drug-likeness (QED) is 0.397. The van der Waals surface area contributed by atoms with Crippen LogP contribution in [-0.2, 0) is 4.74 Å². The summed E-state index contributed by atoms with van der Waals surface area (Å²) in [7, 11) is 0. The predicted octanol–water partition coefficient (Wildman–Crippen LogP) is 3.53. The van der Waals surface area contributed by atoms with Gasteiger partial charge < -0.3 is 14.5 Å². The third-order valence-corrected chi connectivity index (χ3v) is 5.29. The van der Waals surface area contributed by atoms with E-state index in [1.165, 1.54) is 0 Å². The number of fused-ring (bicyclic) bond motifs is 1. The Morgan fingerprint density at radius 2 is 2.27 bits per heavy atom. The number of ether oxygens (including phenoxy) is 1. The van der Waals surface area contributed by atoms with Gasteiger partial charge >= 0.3 is 0 Å². The third-order valence-electron chi connectivity index (χ3n) is 4.00. The number of furan rings is 1. The van der Waals surface area contributed by atoms with Crippen LogP contribution >= 0.6 is 23.6 Å². The molecular weight excluding hydrogens is 368 g/mol. The first kappa shape index (κ1) is 17.1. The Morgan fingerprint density at radius 3 is 3.12 bits per heavy atom. The van der Waals surface area contributed by atoms with Crippen molar-refractivity contribution in [1.29, 1.82) is 0 Å². The lowest BCUT2D eigenvalue weighted by Gasteiger charge is -2.11. The second-order valence-electron chi connectivity index (χ2n) is 5.90. The number of rotatable bonds is 5. The van der Waals surface area contributed by atoms with Crippen LogP contribution in [0.15, 0.2) is 45.9 Å². The highest BCUT2D eigenvalue weighted by Gasteiger charge is 2.15. The lowest BCUT2D eigenvalue weighted by molar-refractivity contribution is 0.114. The number of benzene rings is 1. The molecule has 3 heterocycles. The molecule has 8 heteroatoms. The van der Waals surface area contributed by atoms with E-state index in [0.717, 1.165) is 40.4 Å². The van der Waals surface area contributed by atoms with Crippen LogP contribution in [0.1, 0.15) is 18.6 Å². The molecule has 1 atom stereocenters. The van der Waals surface area contributed by atoms with Gasteiger partial charge in [-0.05, 0) is 49.3 Å². The first-order valence-electron chi connectivity index (χ1n) is 8.42. The highest BCUT2D eigenvalue weighted by Crippen LogP contribution is 2.30. The van der Waals surface area contributed by atoms with E-state index < -0.39 is 0 Å². The molecule has 1 aliphatic heterocycles. The summed E-state index contributed by atoms with van der Waals surface area (Å²) < 4.78 is 12.5. The Hall–Kier alpha value is -2.29. The van der Waals surface area contributed by atoms with E-state index >= 15 is 0 Å². The smallest absolute Gasteiger partial charge is 0.187 e. The summed E-state index contributed by atoms with van der Waals surface area (Å²) in [5.41, 5.74) is 3.76. The van der Waals surface area contributed by atoms with Crippen molar-refractivity contribution >= 4 is 45.1 Å². The van der Waals surface area contributed by atoms with Crippen molar-refractivity contribution < 1.29 is 9.15 Å². The highest BCUT2D eigenvalue weighted by atomic mass is 32.1. The monoisotopic (exact) mass is 386 g/mol. The highest BCUT2D eigenvalue weighted by molar-refractivity contribution is 7.80. The standard InChI is InChI=1S/C18H18N4O2S2/c25-18(19-10-12-4-3-9-23-12)22-20-11-13-7-8-15(24-13)17-21-14-5-1-2-6-16(14)26-17/h1-2,5-8,11-12H,3-4,9-10H2,(H2,19,22,25)/b20-11-/t12-/m1/s1. The lowest BCUT2D eigenvalue weighted by atomic mass is 10.2. The summed E-state index contributed by atoms with van der Waals surface area (Å²) >= 11 is 6.80. The molecule has 134 valence electrons. The molecule has 3 aromatic rings. The number of thiazole rings is 1. The van der Waals surface area contributed by atoms with Crippen molar-refractivity contribution in [3.63, 3.8) is 0 Å². The van der Waals surface area contributed by atoms with E-state index in [1.807, 2.05) is 30.3 Å². The molecular formula is C18H18N4O2S2. The van der Waals surface area contributed by atoms with E-state index in [4.69, 9.17) is 21.4 Å². The second-order valence-corrected chi connectivity index (χ2v) is 7.34. The molecule has 0 saturated carbocycles. The van der Waals surface area contributed by atoms with Crippen molar-refractivity contribution in [2.24, 2.45) is 5.10 Å². The van der Waals surface area contributed by atoms with Crippen LogP contribution in [-0.4, -0.2) is 35.6 Å². The Kier molecular flexibility index (Phi) is 5.24. The van der Waals surface area contributed by atoms with Crippen LogP contribution < -0.4 is 10.7 Å². The Morgan fingerprint density at radius 1 is 1.35 bits per heavy atom. The minimum Gasteiger partial charge on any atom is -0.453 e. The van der Waals surface area contributed by atoms with Gasteiger partial charge in [0.15, 0.2) is 15.9 Å². The van der Waals surface area contributed by atoms with Gasteiger partial charge in [0.2, 0.25) is 0 Å². The number of thiocarbonyl (C=S) groups is 1. The van der Waals surface area contributed by atoms with Crippen LogP contribution in [0.3, 0.4) is 0 Å². The number of hydrazone groups is 1. The molecule has 6 nitrogen and oxygen atoms in total. The minimum absolute atomic E-state index is 0.236. The molecule has 2 aromatic heterocycles. The summed E-state index contributed by atoms with van der Waals surface area (Å²) in [5, 5.41) is 8.53. The zero-order chi connectivity index (χ0) is 17.8. The molecule has 26 heavy (non-hydrogen) atoms. The van der Waals surface area contributed by atoms with Gasteiger partial charge in [0.1, 0.15) is 5.76 Å². The van der Waals surface area contributed by atoms with Crippen LogP contribution in [0.4, 0.5) is 0 Å². The van der Waals surface area contributed by atoms with Gasteiger partial charge in [-0.1, -0.05) is 12.1 Å². The van der Waals surface area contributed by atoms with E-state index in [0.29, 0.717) is 17.4 Å². The Bertz CT molecular complexity index is 895. The fraction of sp³-hybridized carbons (Fsp3) is 0.278. The number of nitrogens with zero attached hydrogens (tertiary/aromatic N) is 2. The molecule has 0 unspecified atom stereocenters. The molecule has 0 radical (unpaired) electrons. The number of hydrogen-bond acceptors (Lipinski definition) is 6. The first-order valence-corrected chi connectivity index (χ1v) is 9.65. The summed E-state index contributed by atoms with van der Waals surface area (Å²) in [6, 6.07) is 11.8. The van der Waals surface area contributed by atoms with Crippen LogP contribution in [0, 0.1) is 0 Å². The van der Waals surface area contributed by atoms with Gasteiger partial charge in [0.05, 0.1) is 22.5 Å². The molecule has 1 saturated heterocycles. The van der Waals surface area contributed by atoms with Gasteiger partial charge in [0, 0.05) is 13.2 Å². The Balaban J connectivity index is 1.32. The topological polar surface area (TPSA) is 71.7 Å². The molecule has 2 N–H and O–H groups in total. The number of hydrogen-bond donors (Lipinski definition) is 2. The average Bonchev–Trinajstić information content (AvgIpc) is 3.39. The largest absolute Gasteiger partial charge is 0.453 e. The maximum absolute atomic E-state index is 5.80. The molecule has 1 aromatic carbocycles. The fourth-order valence-corrected chi connectivity index (χ4v) is 3.78. The van der Waals surface area contributed by atoms with Crippen LogP contribution in [0.2, 0.25) is 0 Å². The zero-order valence-electron chi connectivity index (χ0n) is 14.0.